The highest BCUT2D eigenvalue weighted by Gasteiger charge is 2.49. The van der Waals surface area contributed by atoms with Gasteiger partial charge in [-0.2, -0.15) is 0 Å². The maximum Gasteiger partial charge on any atom is 0.328 e. The number of hydrogen-bond donors (Lipinski definition) is 1. The van der Waals surface area contributed by atoms with Gasteiger partial charge in [-0.25, -0.2) is 4.79 Å². The van der Waals surface area contributed by atoms with Gasteiger partial charge in [0, 0.05) is 6.61 Å². The predicted octanol–water partition coefficient (Wildman–Crippen LogP) is 0.710. The van der Waals surface area contributed by atoms with Gasteiger partial charge in [-0.15, -0.1) is 0 Å². The molecule has 1 rings (SSSR count). The van der Waals surface area contributed by atoms with E-state index in [-0.39, 0.29) is 18.5 Å². The molecule has 0 aromatic carbocycles. The van der Waals surface area contributed by atoms with Crippen molar-refractivity contribution in [3.63, 3.8) is 0 Å². The van der Waals surface area contributed by atoms with Gasteiger partial charge in [0.2, 0.25) is 0 Å². The minimum atomic E-state index is -0.970. The molecule has 2 N–H and O–H groups in total. The first kappa shape index (κ1) is 14.4. The van der Waals surface area contributed by atoms with Crippen LogP contribution in [-0.4, -0.2) is 44.5 Å². The molecule has 0 heterocycles. The second-order valence-electron chi connectivity index (χ2n) is 4.28. The van der Waals surface area contributed by atoms with Crippen molar-refractivity contribution in [1.29, 1.82) is 0 Å². The summed E-state index contributed by atoms with van der Waals surface area (Å²) in [6.07, 6.45) is 1.95. The van der Waals surface area contributed by atoms with E-state index < -0.39 is 5.54 Å². The first-order valence-electron chi connectivity index (χ1n) is 6.26. The minimum absolute atomic E-state index is 0.202. The van der Waals surface area contributed by atoms with Crippen molar-refractivity contribution in [2.75, 3.05) is 33.0 Å². The van der Waals surface area contributed by atoms with Gasteiger partial charge in [0.25, 0.3) is 0 Å². The Labute approximate surface area is 103 Å². The van der Waals surface area contributed by atoms with E-state index in [1.807, 2.05) is 6.92 Å². The normalized spacial score (nSPS) is 18.8. The lowest BCUT2D eigenvalue weighted by Gasteiger charge is -2.26. The van der Waals surface area contributed by atoms with Crippen LogP contribution in [0.5, 0.6) is 0 Å². The Morgan fingerprint density at radius 2 is 1.88 bits per heavy atom. The quantitative estimate of drug-likeness (QED) is 0.478. The average molecular weight is 245 g/mol. The molecule has 0 aliphatic heterocycles. The number of rotatable bonds is 9. The Balaban J connectivity index is 2.34. The molecule has 1 unspecified atom stereocenters. The van der Waals surface area contributed by atoms with Gasteiger partial charge in [0.1, 0.15) is 5.54 Å². The number of esters is 1. The molecule has 1 aliphatic rings. The fourth-order valence-corrected chi connectivity index (χ4v) is 1.71. The van der Waals surface area contributed by atoms with Crippen molar-refractivity contribution in [3.8, 4) is 0 Å². The molecule has 1 aliphatic carbocycles. The second-order valence-corrected chi connectivity index (χ2v) is 4.28. The molecule has 0 spiro atoms. The van der Waals surface area contributed by atoms with E-state index in [0.717, 1.165) is 12.8 Å². The van der Waals surface area contributed by atoms with Gasteiger partial charge in [-0.05, 0) is 32.6 Å². The van der Waals surface area contributed by atoms with Crippen molar-refractivity contribution in [1.82, 2.24) is 0 Å². The SMILES string of the molecule is CCOCCOCC(N)(C(=O)OCC)C1CC1. The lowest BCUT2D eigenvalue weighted by molar-refractivity contribution is -0.153. The average Bonchev–Trinajstić information content (AvgIpc) is 3.13. The monoisotopic (exact) mass is 245 g/mol. The highest BCUT2D eigenvalue weighted by atomic mass is 16.5. The van der Waals surface area contributed by atoms with Gasteiger partial charge in [-0.3, -0.25) is 0 Å². The number of nitrogens with two attached hydrogens (primary N) is 1. The molecule has 17 heavy (non-hydrogen) atoms. The van der Waals surface area contributed by atoms with Crippen LogP contribution in [-0.2, 0) is 19.0 Å². The molecule has 0 radical (unpaired) electrons. The summed E-state index contributed by atoms with van der Waals surface area (Å²) in [5, 5.41) is 0. The third kappa shape index (κ3) is 4.26. The summed E-state index contributed by atoms with van der Waals surface area (Å²) in [6, 6.07) is 0. The topological polar surface area (TPSA) is 70.8 Å². The van der Waals surface area contributed by atoms with E-state index in [2.05, 4.69) is 0 Å². The Kier molecular flexibility index (Phi) is 5.88. The first-order chi connectivity index (χ1) is 8.15. The van der Waals surface area contributed by atoms with E-state index in [0.29, 0.717) is 26.4 Å². The van der Waals surface area contributed by atoms with Crippen molar-refractivity contribution < 1.29 is 19.0 Å². The van der Waals surface area contributed by atoms with Crippen LogP contribution in [0.2, 0.25) is 0 Å². The lowest BCUT2D eigenvalue weighted by Crippen LogP contribution is -2.55. The zero-order chi connectivity index (χ0) is 12.7. The van der Waals surface area contributed by atoms with E-state index in [4.69, 9.17) is 19.9 Å². The van der Waals surface area contributed by atoms with Crippen LogP contribution in [0.25, 0.3) is 0 Å². The second kappa shape index (κ2) is 6.93. The fourth-order valence-electron chi connectivity index (χ4n) is 1.71. The largest absolute Gasteiger partial charge is 0.465 e. The van der Waals surface area contributed by atoms with Crippen LogP contribution in [0, 0.1) is 5.92 Å². The van der Waals surface area contributed by atoms with E-state index in [1.165, 1.54) is 0 Å². The molecule has 1 saturated carbocycles. The van der Waals surface area contributed by atoms with Gasteiger partial charge >= 0.3 is 5.97 Å². The molecule has 0 aromatic heterocycles. The van der Waals surface area contributed by atoms with Crippen LogP contribution in [0.3, 0.4) is 0 Å². The fraction of sp³-hybridized carbons (Fsp3) is 0.917. The van der Waals surface area contributed by atoms with Crippen LogP contribution in [0.15, 0.2) is 0 Å². The van der Waals surface area contributed by atoms with Gasteiger partial charge in [0.05, 0.1) is 26.4 Å². The predicted molar refractivity (Wildman–Crippen MR) is 63.6 cm³/mol. The van der Waals surface area contributed by atoms with Crippen molar-refractivity contribution in [2.24, 2.45) is 11.7 Å². The van der Waals surface area contributed by atoms with E-state index in [9.17, 15) is 4.79 Å². The number of carbonyl (C=O) groups excluding carboxylic acids is 1. The molecule has 5 nitrogen and oxygen atoms in total. The summed E-state index contributed by atoms with van der Waals surface area (Å²) >= 11 is 0. The van der Waals surface area contributed by atoms with Crippen molar-refractivity contribution in [3.05, 3.63) is 0 Å². The number of carbonyl (C=O) groups is 1. The molecule has 1 atom stereocenters. The molecule has 1 fully saturated rings. The smallest absolute Gasteiger partial charge is 0.328 e. The maximum absolute atomic E-state index is 11.8. The number of ether oxygens (including phenoxy) is 3. The zero-order valence-electron chi connectivity index (χ0n) is 10.7. The highest BCUT2D eigenvalue weighted by molar-refractivity contribution is 5.81. The van der Waals surface area contributed by atoms with Crippen LogP contribution < -0.4 is 5.73 Å². The standard InChI is InChI=1S/C12H23NO4/c1-3-15-7-8-16-9-12(13,10-5-6-10)11(14)17-4-2/h10H,3-9,13H2,1-2H3. The van der Waals surface area contributed by atoms with Crippen LogP contribution in [0.4, 0.5) is 0 Å². The van der Waals surface area contributed by atoms with Gasteiger partial charge in [-0.1, -0.05) is 0 Å². The summed E-state index contributed by atoms with van der Waals surface area (Å²) in [5.74, 6) is -0.146. The summed E-state index contributed by atoms with van der Waals surface area (Å²) in [6.45, 7) is 5.92. The lowest BCUT2D eigenvalue weighted by atomic mass is 9.96. The Hall–Kier alpha value is -0.650. The van der Waals surface area contributed by atoms with E-state index >= 15 is 0 Å². The first-order valence-corrected chi connectivity index (χ1v) is 6.26. The molecule has 0 aromatic rings. The summed E-state index contributed by atoms with van der Waals surface area (Å²) in [7, 11) is 0. The molecule has 0 saturated heterocycles. The Bertz CT molecular complexity index is 243. The highest BCUT2D eigenvalue weighted by Crippen LogP contribution is 2.39. The summed E-state index contributed by atoms with van der Waals surface area (Å²) < 4.78 is 15.6. The van der Waals surface area contributed by atoms with Crippen LogP contribution >= 0.6 is 0 Å². The molecular weight excluding hydrogens is 222 g/mol. The Morgan fingerprint density at radius 3 is 2.41 bits per heavy atom. The van der Waals surface area contributed by atoms with E-state index in [1.54, 1.807) is 6.92 Å². The van der Waals surface area contributed by atoms with Crippen molar-refractivity contribution in [2.45, 2.75) is 32.2 Å². The van der Waals surface area contributed by atoms with Gasteiger partial charge in [0.15, 0.2) is 0 Å². The third-order valence-corrected chi connectivity index (χ3v) is 2.88. The molecule has 0 bridgehead atoms. The third-order valence-electron chi connectivity index (χ3n) is 2.88. The zero-order valence-corrected chi connectivity index (χ0v) is 10.7. The Morgan fingerprint density at radius 1 is 1.24 bits per heavy atom. The van der Waals surface area contributed by atoms with Gasteiger partial charge < -0.3 is 19.9 Å². The maximum atomic E-state index is 11.8. The molecule has 5 heteroatoms. The molecule has 100 valence electrons. The van der Waals surface area contributed by atoms with Crippen LogP contribution in [0.1, 0.15) is 26.7 Å². The molecular formula is C12H23NO4. The summed E-state index contributed by atoms with van der Waals surface area (Å²) in [4.78, 5) is 11.8. The minimum Gasteiger partial charge on any atom is -0.465 e. The number of hydrogen-bond acceptors (Lipinski definition) is 5. The summed E-state index contributed by atoms with van der Waals surface area (Å²) in [5.41, 5.74) is 5.14. The molecule has 0 amide bonds. The van der Waals surface area contributed by atoms with Crippen molar-refractivity contribution >= 4 is 5.97 Å².